The van der Waals surface area contributed by atoms with Gasteiger partial charge >= 0.3 is 5.97 Å². The topological polar surface area (TPSA) is 93.1 Å². The Hall–Kier alpha value is -4.20. The summed E-state index contributed by atoms with van der Waals surface area (Å²) in [5, 5.41) is 10.8. The van der Waals surface area contributed by atoms with Crippen LogP contribution in [-0.2, 0) is 9.59 Å². The molecule has 0 spiro atoms. The van der Waals surface area contributed by atoms with Crippen LogP contribution in [0.5, 0.6) is 11.5 Å². The van der Waals surface area contributed by atoms with Gasteiger partial charge in [-0.1, -0.05) is 42.0 Å². The number of carboxylic acids is 1. The molecule has 8 heteroatoms. The number of halogens is 1. The van der Waals surface area contributed by atoms with Crippen molar-refractivity contribution in [3.8, 4) is 11.5 Å². The summed E-state index contributed by atoms with van der Waals surface area (Å²) in [5.41, 5.74) is 0.568. The van der Waals surface area contributed by atoms with Crippen LogP contribution in [0.25, 0.3) is 0 Å². The minimum atomic E-state index is -1.79. The molecule has 4 unspecified atom stereocenters. The molecule has 3 aromatic rings. The Balaban J connectivity index is 1.62. The Kier molecular flexibility index (Phi) is 5.93. The number of fused-ring (bicyclic) bond motifs is 1. The second kappa shape index (κ2) is 9.22. The highest BCUT2D eigenvalue weighted by molar-refractivity contribution is 6.02. The molecule has 1 amide bonds. The fourth-order valence-electron chi connectivity index (χ4n) is 6.20. The molecule has 2 aliphatic heterocycles. The lowest BCUT2D eigenvalue weighted by Gasteiger charge is -2.38. The van der Waals surface area contributed by atoms with Crippen molar-refractivity contribution in [3.63, 3.8) is 0 Å². The SMILES string of the molecule is Cc1cccc(C(=O)C2C(c3ccc4c(c3)OCO4)N(C(=O)C3CC3)C(C)(C(=O)O)C2c2ccc(F)cc2)c1. The number of hydrogen-bond donors (Lipinski definition) is 1. The van der Waals surface area contributed by atoms with Gasteiger partial charge in [0.05, 0.1) is 12.0 Å². The lowest BCUT2D eigenvalue weighted by atomic mass is 9.71. The number of ketones is 1. The zero-order valence-electron chi connectivity index (χ0n) is 21.6. The molecule has 4 atom stereocenters. The number of Topliss-reactive ketones (excluding diaryl/α,β-unsaturated/α-hetero) is 1. The maximum Gasteiger partial charge on any atom is 0.330 e. The molecule has 200 valence electrons. The molecule has 3 aliphatic rings. The Morgan fingerprint density at radius 2 is 1.64 bits per heavy atom. The summed E-state index contributed by atoms with van der Waals surface area (Å²) in [7, 11) is 0. The molecule has 39 heavy (non-hydrogen) atoms. The molecule has 1 saturated carbocycles. The van der Waals surface area contributed by atoms with Crippen molar-refractivity contribution in [2.24, 2.45) is 11.8 Å². The first kappa shape index (κ1) is 25.1. The molecule has 0 aromatic heterocycles. The van der Waals surface area contributed by atoms with Gasteiger partial charge in [0, 0.05) is 17.4 Å². The van der Waals surface area contributed by atoms with Crippen LogP contribution in [0, 0.1) is 24.6 Å². The lowest BCUT2D eigenvalue weighted by Crippen LogP contribution is -2.54. The van der Waals surface area contributed by atoms with E-state index in [-0.39, 0.29) is 24.4 Å². The van der Waals surface area contributed by atoms with Crippen LogP contribution >= 0.6 is 0 Å². The molecule has 0 bridgehead atoms. The first-order valence-corrected chi connectivity index (χ1v) is 13.0. The molecular weight excluding hydrogens is 501 g/mol. The number of benzene rings is 3. The minimum Gasteiger partial charge on any atom is -0.479 e. The number of aliphatic carboxylic acids is 1. The Bertz CT molecular complexity index is 1480. The average Bonchev–Trinajstić information content (AvgIpc) is 3.60. The van der Waals surface area contributed by atoms with Gasteiger partial charge < -0.3 is 19.5 Å². The number of carbonyl (C=O) groups excluding carboxylic acids is 2. The average molecular weight is 530 g/mol. The van der Waals surface area contributed by atoms with Crippen LogP contribution < -0.4 is 9.47 Å². The Morgan fingerprint density at radius 3 is 2.31 bits per heavy atom. The third-order valence-corrected chi connectivity index (χ3v) is 8.25. The van der Waals surface area contributed by atoms with Crippen LogP contribution in [0.15, 0.2) is 66.7 Å². The number of rotatable bonds is 6. The van der Waals surface area contributed by atoms with Crippen molar-refractivity contribution in [3.05, 3.63) is 94.8 Å². The highest BCUT2D eigenvalue weighted by Gasteiger charge is 2.65. The molecule has 7 nitrogen and oxygen atoms in total. The molecular formula is C31H28FNO6. The van der Waals surface area contributed by atoms with Crippen molar-refractivity contribution >= 4 is 17.7 Å². The summed E-state index contributed by atoms with van der Waals surface area (Å²) < 4.78 is 25.1. The van der Waals surface area contributed by atoms with E-state index < -0.39 is 35.2 Å². The van der Waals surface area contributed by atoms with Crippen molar-refractivity contribution in [2.45, 2.75) is 44.2 Å². The standard InChI is InChI=1S/C31H28FNO6/c1-17-4-3-5-21(14-17)28(34)25-26(18-8-11-22(32)12-9-18)31(2,30(36)37)33(29(35)19-6-7-19)27(25)20-10-13-23-24(15-20)39-16-38-23/h3-5,8-15,19,25-27H,6-7,16H2,1-2H3,(H,36,37). The van der Waals surface area contributed by atoms with E-state index in [1.165, 1.54) is 36.1 Å². The maximum atomic E-state index is 14.5. The first-order valence-electron chi connectivity index (χ1n) is 13.0. The number of nitrogens with zero attached hydrogens (tertiary/aromatic N) is 1. The number of carboxylic acid groups (broad SMARTS) is 1. The second-order valence-corrected chi connectivity index (χ2v) is 10.8. The lowest BCUT2D eigenvalue weighted by molar-refractivity contribution is -0.158. The van der Waals surface area contributed by atoms with E-state index in [2.05, 4.69) is 0 Å². The highest BCUT2D eigenvalue weighted by atomic mass is 19.1. The monoisotopic (exact) mass is 529 g/mol. The van der Waals surface area contributed by atoms with Crippen LogP contribution in [0.1, 0.15) is 58.8 Å². The van der Waals surface area contributed by atoms with Crippen LogP contribution in [0.4, 0.5) is 4.39 Å². The summed E-state index contributed by atoms with van der Waals surface area (Å²) in [5.74, 6) is -3.51. The van der Waals surface area contributed by atoms with Gasteiger partial charge in [0.25, 0.3) is 0 Å². The van der Waals surface area contributed by atoms with E-state index >= 15 is 0 Å². The Morgan fingerprint density at radius 1 is 0.949 bits per heavy atom. The fourth-order valence-corrected chi connectivity index (χ4v) is 6.20. The molecule has 6 rings (SSSR count). The third-order valence-electron chi connectivity index (χ3n) is 8.25. The summed E-state index contributed by atoms with van der Waals surface area (Å²) in [6, 6.07) is 17.0. The van der Waals surface area contributed by atoms with E-state index in [0.717, 1.165) is 5.56 Å². The molecule has 2 heterocycles. The quantitative estimate of drug-likeness (QED) is 0.437. The highest BCUT2D eigenvalue weighted by Crippen LogP contribution is 2.58. The molecule has 1 saturated heterocycles. The third kappa shape index (κ3) is 4.06. The van der Waals surface area contributed by atoms with E-state index in [0.29, 0.717) is 41.0 Å². The van der Waals surface area contributed by atoms with Crippen molar-refractivity contribution in [2.75, 3.05) is 6.79 Å². The van der Waals surface area contributed by atoms with E-state index in [4.69, 9.17) is 9.47 Å². The van der Waals surface area contributed by atoms with E-state index in [1.807, 2.05) is 13.0 Å². The van der Waals surface area contributed by atoms with Gasteiger partial charge in [-0.25, -0.2) is 9.18 Å². The predicted molar refractivity (Wildman–Crippen MR) is 139 cm³/mol. The van der Waals surface area contributed by atoms with E-state index in [9.17, 15) is 23.9 Å². The summed E-state index contributed by atoms with van der Waals surface area (Å²) in [4.78, 5) is 43.1. The summed E-state index contributed by atoms with van der Waals surface area (Å²) >= 11 is 0. The van der Waals surface area contributed by atoms with Gasteiger partial charge in [0.15, 0.2) is 17.3 Å². The van der Waals surface area contributed by atoms with Crippen LogP contribution in [0.2, 0.25) is 0 Å². The van der Waals surface area contributed by atoms with Crippen LogP contribution in [0.3, 0.4) is 0 Å². The second-order valence-electron chi connectivity index (χ2n) is 10.8. The molecule has 2 fully saturated rings. The van der Waals surface area contributed by atoms with Crippen molar-refractivity contribution in [1.82, 2.24) is 4.90 Å². The molecule has 1 N–H and O–H groups in total. The van der Waals surface area contributed by atoms with Crippen molar-refractivity contribution in [1.29, 1.82) is 0 Å². The number of ether oxygens (including phenoxy) is 2. The molecule has 3 aromatic carbocycles. The van der Waals surface area contributed by atoms with Gasteiger partial charge in [-0.3, -0.25) is 9.59 Å². The van der Waals surface area contributed by atoms with E-state index in [1.54, 1.807) is 36.4 Å². The molecule has 1 aliphatic carbocycles. The van der Waals surface area contributed by atoms with Crippen LogP contribution in [-0.4, -0.2) is 40.0 Å². The van der Waals surface area contributed by atoms with Gasteiger partial charge in [-0.05, 0) is 68.1 Å². The van der Waals surface area contributed by atoms with Gasteiger partial charge in [0.2, 0.25) is 12.7 Å². The predicted octanol–water partition coefficient (Wildman–Crippen LogP) is 5.28. The smallest absolute Gasteiger partial charge is 0.330 e. The number of amides is 1. The number of hydrogen-bond acceptors (Lipinski definition) is 5. The zero-order valence-corrected chi connectivity index (χ0v) is 21.6. The summed E-state index contributed by atoms with van der Waals surface area (Å²) in [6.07, 6.45) is 1.33. The van der Waals surface area contributed by atoms with Gasteiger partial charge in [-0.15, -0.1) is 0 Å². The Labute approximate surface area is 225 Å². The zero-order chi connectivity index (χ0) is 27.5. The molecule has 0 radical (unpaired) electrons. The van der Waals surface area contributed by atoms with Gasteiger partial charge in [0.1, 0.15) is 11.4 Å². The fraction of sp³-hybridized carbons (Fsp3) is 0.323. The largest absolute Gasteiger partial charge is 0.479 e. The number of aryl methyl sites for hydroxylation is 1. The number of likely N-dealkylation sites (tertiary alicyclic amines) is 1. The van der Waals surface area contributed by atoms with Gasteiger partial charge in [-0.2, -0.15) is 0 Å². The number of carbonyl (C=O) groups is 3. The normalized spacial score (nSPS) is 25.5. The van der Waals surface area contributed by atoms with Crippen molar-refractivity contribution < 1.29 is 33.4 Å². The minimum absolute atomic E-state index is 0.0465. The summed E-state index contributed by atoms with van der Waals surface area (Å²) in [6.45, 7) is 3.43. The maximum absolute atomic E-state index is 14.5. The first-order chi connectivity index (χ1) is 18.7.